The van der Waals surface area contributed by atoms with Crippen LogP contribution in [0.5, 0.6) is 0 Å². The van der Waals surface area contributed by atoms with Crippen molar-refractivity contribution in [3.8, 4) is 11.4 Å². The highest BCUT2D eigenvalue weighted by Crippen LogP contribution is 2.35. The molecule has 1 aromatic heterocycles. The number of esters is 1. The number of nitrogens with zero attached hydrogens (tertiary/aromatic N) is 3. The van der Waals surface area contributed by atoms with Crippen LogP contribution >= 0.6 is 0 Å². The van der Waals surface area contributed by atoms with Crippen LogP contribution in [0.3, 0.4) is 0 Å². The number of imidazole rings is 1. The molecule has 0 aliphatic heterocycles. The van der Waals surface area contributed by atoms with Crippen molar-refractivity contribution in [1.29, 1.82) is 0 Å². The molecule has 0 radical (unpaired) electrons. The summed E-state index contributed by atoms with van der Waals surface area (Å²) in [5.74, 6) is -0.0725. The lowest BCUT2D eigenvalue weighted by molar-refractivity contribution is -0.141. The van der Waals surface area contributed by atoms with Gasteiger partial charge in [0.2, 0.25) is 0 Å². The van der Waals surface area contributed by atoms with Crippen LogP contribution in [0.15, 0.2) is 54.6 Å². The first-order chi connectivity index (χ1) is 17.3. The van der Waals surface area contributed by atoms with E-state index in [4.69, 9.17) is 4.74 Å². The number of methoxy groups -OCH3 is 1. The molecule has 5 nitrogen and oxygen atoms in total. The molecule has 0 unspecified atom stereocenters. The Morgan fingerprint density at radius 3 is 2.22 bits per heavy atom. The number of aromatic nitrogens is 2. The van der Waals surface area contributed by atoms with E-state index in [2.05, 4.69) is 11.9 Å². The fourth-order valence-corrected chi connectivity index (χ4v) is 4.17. The van der Waals surface area contributed by atoms with Crippen molar-refractivity contribution >= 4 is 5.97 Å². The fraction of sp³-hybridized carbons (Fsp3) is 0.429. The molecule has 0 saturated heterocycles. The third-order valence-corrected chi connectivity index (χ3v) is 6.09. The van der Waals surface area contributed by atoms with Gasteiger partial charge in [-0.1, -0.05) is 69.2 Å². The van der Waals surface area contributed by atoms with Crippen molar-refractivity contribution in [2.45, 2.75) is 65.3 Å². The highest BCUT2D eigenvalue weighted by Gasteiger charge is 2.39. The smallest absolute Gasteiger partial charge is 0.435 e. The summed E-state index contributed by atoms with van der Waals surface area (Å²) < 4.78 is 49.2. The Labute approximate surface area is 210 Å². The quantitative estimate of drug-likeness (QED) is 0.252. The van der Waals surface area contributed by atoms with E-state index in [0.29, 0.717) is 36.6 Å². The summed E-state index contributed by atoms with van der Waals surface area (Å²) in [6, 6.07) is 16.1. The maximum absolute atomic E-state index is 14.2. The summed E-state index contributed by atoms with van der Waals surface area (Å²) in [5.41, 5.74) is 1.39. The average Bonchev–Trinajstić information content (AvgIpc) is 3.25. The molecule has 36 heavy (non-hydrogen) atoms. The molecule has 2 aromatic carbocycles. The Bertz CT molecular complexity index is 1110. The number of halogens is 3. The van der Waals surface area contributed by atoms with Gasteiger partial charge in [0.05, 0.1) is 18.4 Å². The standard InChI is InChI=1S/C28H34F3N3O2/c1-4-6-17-33(19-21-13-15-23(16-14-21)27(35)36-3)20-24-25(28(29,30)31)32-26(34(24)18-7-5-2)22-11-9-8-10-12-22/h8-16H,4-7,17-20H2,1-3H3. The van der Waals surface area contributed by atoms with Gasteiger partial charge in [-0.3, -0.25) is 4.90 Å². The van der Waals surface area contributed by atoms with E-state index in [1.165, 1.54) is 7.11 Å². The van der Waals surface area contributed by atoms with Crippen molar-refractivity contribution < 1.29 is 22.7 Å². The average molecular weight is 502 g/mol. The lowest BCUT2D eigenvalue weighted by Gasteiger charge is -2.24. The van der Waals surface area contributed by atoms with Crippen LogP contribution in [0.4, 0.5) is 13.2 Å². The molecule has 0 saturated carbocycles. The van der Waals surface area contributed by atoms with Crippen LogP contribution in [-0.4, -0.2) is 34.1 Å². The number of hydrogen-bond acceptors (Lipinski definition) is 4. The van der Waals surface area contributed by atoms with E-state index in [0.717, 1.165) is 31.2 Å². The largest absolute Gasteiger partial charge is 0.465 e. The summed E-state index contributed by atoms with van der Waals surface area (Å²) in [4.78, 5) is 17.9. The molecular weight excluding hydrogens is 467 g/mol. The van der Waals surface area contributed by atoms with Crippen molar-refractivity contribution in [1.82, 2.24) is 14.5 Å². The zero-order chi connectivity index (χ0) is 26.1. The summed E-state index contributed by atoms with van der Waals surface area (Å²) in [6.07, 6.45) is -1.16. The Balaban J connectivity index is 2.00. The zero-order valence-electron chi connectivity index (χ0n) is 21.1. The van der Waals surface area contributed by atoms with E-state index in [1.54, 1.807) is 28.8 Å². The molecule has 0 aliphatic carbocycles. The van der Waals surface area contributed by atoms with Gasteiger partial charge >= 0.3 is 12.1 Å². The normalized spacial score (nSPS) is 11.8. The Kier molecular flexibility index (Phi) is 9.70. The Morgan fingerprint density at radius 2 is 1.64 bits per heavy atom. The number of rotatable bonds is 12. The third kappa shape index (κ3) is 6.97. The predicted molar refractivity (Wildman–Crippen MR) is 134 cm³/mol. The molecule has 0 aliphatic rings. The van der Waals surface area contributed by atoms with E-state index in [9.17, 15) is 18.0 Å². The highest BCUT2D eigenvalue weighted by molar-refractivity contribution is 5.89. The Hall–Kier alpha value is -3.13. The van der Waals surface area contributed by atoms with Crippen LogP contribution in [-0.2, 0) is 30.5 Å². The number of benzene rings is 2. The zero-order valence-corrected chi connectivity index (χ0v) is 21.1. The molecule has 3 aromatic rings. The lowest BCUT2D eigenvalue weighted by Crippen LogP contribution is -2.27. The van der Waals surface area contributed by atoms with E-state index >= 15 is 0 Å². The molecule has 0 spiro atoms. The molecule has 0 fully saturated rings. The number of ether oxygens (including phenoxy) is 1. The Morgan fingerprint density at radius 1 is 0.972 bits per heavy atom. The summed E-state index contributed by atoms with van der Waals surface area (Å²) in [7, 11) is 1.33. The van der Waals surface area contributed by atoms with Gasteiger partial charge in [0.25, 0.3) is 0 Å². The molecule has 3 rings (SSSR count). The molecule has 0 atom stereocenters. The second kappa shape index (κ2) is 12.7. The van der Waals surface area contributed by atoms with Crippen molar-refractivity contribution in [3.05, 3.63) is 77.1 Å². The molecule has 0 N–H and O–H groups in total. The highest BCUT2D eigenvalue weighted by atomic mass is 19.4. The molecule has 194 valence electrons. The van der Waals surface area contributed by atoms with Crippen LogP contribution < -0.4 is 0 Å². The molecular formula is C28H34F3N3O2. The maximum atomic E-state index is 14.2. The van der Waals surface area contributed by atoms with Gasteiger partial charge in [-0.25, -0.2) is 9.78 Å². The van der Waals surface area contributed by atoms with Crippen LogP contribution in [0.1, 0.15) is 66.8 Å². The van der Waals surface area contributed by atoms with Gasteiger partial charge in [0, 0.05) is 25.2 Å². The minimum Gasteiger partial charge on any atom is -0.465 e. The minimum absolute atomic E-state index is 0.122. The minimum atomic E-state index is -4.56. The first-order valence-corrected chi connectivity index (χ1v) is 12.4. The topological polar surface area (TPSA) is 47.4 Å². The first-order valence-electron chi connectivity index (χ1n) is 12.4. The summed E-state index contributed by atoms with van der Waals surface area (Å²) in [5, 5.41) is 0. The SMILES string of the molecule is CCCCN(Cc1ccc(C(=O)OC)cc1)Cc1c(C(F)(F)F)nc(-c2ccccc2)n1CCCC. The van der Waals surface area contributed by atoms with Gasteiger partial charge in [-0.05, 0) is 37.1 Å². The van der Waals surface area contributed by atoms with E-state index in [1.807, 2.05) is 42.2 Å². The van der Waals surface area contributed by atoms with Crippen LogP contribution in [0.2, 0.25) is 0 Å². The number of carbonyl (C=O) groups is 1. The third-order valence-electron chi connectivity index (χ3n) is 6.09. The molecule has 8 heteroatoms. The maximum Gasteiger partial charge on any atom is 0.435 e. The van der Waals surface area contributed by atoms with Crippen molar-refractivity contribution in [3.63, 3.8) is 0 Å². The van der Waals surface area contributed by atoms with Crippen LogP contribution in [0.25, 0.3) is 11.4 Å². The van der Waals surface area contributed by atoms with E-state index in [-0.39, 0.29) is 12.2 Å². The molecule has 0 amide bonds. The first kappa shape index (κ1) is 27.5. The number of alkyl halides is 3. The monoisotopic (exact) mass is 501 g/mol. The van der Waals surface area contributed by atoms with Gasteiger partial charge in [-0.15, -0.1) is 0 Å². The van der Waals surface area contributed by atoms with Gasteiger partial charge in [0.15, 0.2) is 5.69 Å². The van der Waals surface area contributed by atoms with E-state index < -0.39 is 17.8 Å². The summed E-state index contributed by atoms with van der Waals surface area (Å²) >= 11 is 0. The predicted octanol–water partition coefficient (Wildman–Crippen LogP) is 6.96. The number of hydrogen-bond donors (Lipinski definition) is 0. The molecule has 0 bridgehead atoms. The summed E-state index contributed by atoms with van der Waals surface area (Å²) in [6.45, 7) is 5.77. The van der Waals surface area contributed by atoms with Crippen LogP contribution in [0, 0.1) is 0 Å². The fourth-order valence-electron chi connectivity index (χ4n) is 4.17. The second-order valence-electron chi connectivity index (χ2n) is 8.85. The number of carbonyl (C=O) groups excluding carboxylic acids is 1. The lowest BCUT2D eigenvalue weighted by atomic mass is 10.1. The van der Waals surface area contributed by atoms with Crippen molar-refractivity contribution in [2.24, 2.45) is 0 Å². The van der Waals surface area contributed by atoms with Crippen molar-refractivity contribution in [2.75, 3.05) is 13.7 Å². The van der Waals surface area contributed by atoms with Gasteiger partial charge < -0.3 is 9.30 Å². The molecule has 1 heterocycles. The second-order valence-corrected chi connectivity index (χ2v) is 8.85. The van der Waals surface area contributed by atoms with Gasteiger partial charge in [0.1, 0.15) is 5.82 Å². The number of unbranched alkanes of at least 4 members (excludes halogenated alkanes) is 2. The van der Waals surface area contributed by atoms with Gasteiger partial charge in [-0.2, -0.15) is 13.2 Å².